The van der Waals surface area contributed by atoms with Crippen molar-refractivity contribution in [3.8, 4) is 0 Å². The van der Waals surface area contributed by atoms with Gasteiger partial charge in [-0.3, -0.25) is 4.90 Å². The Morgan fingerprint density at radius 1 is 1.64 bits per heavy atom. The van der Waals surface area contributed by atoms with Crippen molar-refractivity contribution in [1.29, 1.82) is 0 Å². The smallest absolute Gasteiger partial charge is 0.106 e. The summed E-state index contributed by atoms with van der Waals surface area (Å²) in [5.41, 5.74) is 1.24. The summed E-state index contributed by atoms with van der Waals surface area (Å²) in [5.74, 6) is 0.708. The monoisotopic (exact) mass is 176 g/mol. The largest absolute Gasteiger partial charge is 0.399 e. The van der Waals surface area contributed by atoms with Gasteiger partial charge in [-0.1, -0.05) is 5.16 Å². The fourth-order valence-electron chi connectivity index (χ4n) is 1.83. The van der Waals surface area contributed by atoms with Crippen LogP contribution >= 0.6 is 12.4 Å². The van der Waals surface area contributed by atoms with Crippen molar-refractivity contribution in [2.24, 2.45) is 11.1 Å². The molecule has 2 unspecified atom stereocenters. The van der Waals surface area contributed by atoms with Gasteiger partial charge in [-0.2, -0.15) is 0 Å². The highest BCUT2D eigenvalue weighted by Gasteiger charge is 2.35. The Balaban J connectivity index is 0.000000605. The van der Waals surface area contributed by atoms with E-state index in [1.165, 1.54) is 25.2 Å². The van der Waals surface area contributed by atoms with Gasteiger partial charge in [-0.05, 0) is 13.0 Å². The zero-order valence-corrected chi connectivity index (χ0v) is 7.43. The summed E-state index contributed by atoms with van der Waals surface area (Å²) < 4.78 is 0. The van der Waals surface area contributed by atoms with Gasteiger partial charge in [0.15, 0.2) is 0 Å². The molecule has 0 aromatic rings. The number of rotatable bonds is 1. The molecule has 0 spiro atoms. The average molecular weight is 177 g/mol. The Labute approximate surface area is 72.8 Å². The van der Waals surface area contributed by atoms with Gasteiger partial charge in [-0.15, -0.1) is 12.4 Å². The maximum Gasteiger partial charge on any atom is 0.106 e. The third-order valence-corrected chi connectivity index (χ3v) is 2.34. The van der Waals surface area contributed by atoms with E-state index in [9.17, 15) is 0 Å². The number of nitrogens with zero attached hydrogens (tertiary/aromatic N) is 2. The number of hydrogen-bond acceptors (Lipinski definition) is 3. The van der Waals surface area contributed by atoms with Crippen LogP contribution in [0.25, 0.3) is 0 Å². The van der Waals surface area contributed by atoms with Crippen LogP contribution in [-0.4, -0.2) is 37.4 Å². The number of halogens is 1. The second kappa shape index (κ2) is 3.41. The topological polar surface area (TPSA) is 24.8 Å². The fourth-order valence-corrected chi connectivity index (χ4v) is 1.83. The van der Waals surface area contributed by atoms with Crippen LogP contribution in [0.1, 0.15) is 6.42 Å². The van der Waals surface area contributed by atoms with Crippen LogP contribution in [0.3, 0.4) is 0 Å². The summed E-state index contributed by atoms with van der Waals surface area (Å²) in [6, 6.07) is 0. The molecule has 2 fully saturated rings. The van der Waals surface area contributed by atoms with E-state index < -0.39 is 0 Å². The van der Waals surface area contributed by atoms with Gasteiger partial charge in [0, 0.05) is 19.0 Å². The van der Waals surface area contributed by atoms with Crippen molar-refractivity contribution in [2.75, 3.05) is 26.7 Å². The molecule has 2 heterocycles. The molecule has 0 radical (unpaired) electrons. The first-order valence-corrected chi connectivity index (χ1v) is 3.72. The number of hydrogen-bond donors (Lipinski definition) is 0. The molecule has 11 heavy (non-hydrogen) atoms. The third kappa shape index (κ3) is 1.49. The van der Waals surface area contributed by atoms with Gasteiger partial charge in [-0.25, -0.2) is 0 Å². The number of oxime groups is 1. The number of fused-ring (bicyclic) bond motifs is 2. The minimum absolute atomic E-state index is 0. The summed E-state index contributed by atoms with van der Waals surface area (Å²) in [5, 5.41) is 3.98. The molecule has 0 saturated carbocycles. The highest BCUT2D eigenvalue weighted by atomic mass is 35.5. The first kappa shape index (κ1) is 8.81. The van der Waals surface area contributed by atoms with Crippen LogP contribution in [0.2, 0.25) is 0 Å². The van der Waals surface area contributed by atoms with Crippen LogP contribution in [0.4, 0.5) is 0 Å². The first-order chi connectivity index (χ1) is 4.90. The van der Waals surface area contributed by atoms with Crippen molar-refractivity contribution in [2.45, 2.75) is 6.42 Å². The second-order valence-corrected chi connectivity index (χ2v) is 2.99. The van der Waals surface area contributed by atoms with Crippen LogP contribution in [-0.2, 0) is 4.84 Å². The minimum atomic E-state index is 0. The number of piperidine rings is 1. The third-order valence-electron chi connectivity index (χ3n) is 2.34. The molecule has 2 aliphatic rings. The minimum Gasteiger partial charge on any atom is -0.399 e. The quantitative estimate of drug-likeness (QED) is 0.551. The fraction of sp³-hybridized carbons (Fsp3) is 0.857. The predicted octanol–water partition coefficient (Wildman–Crippen LogP) is 0.746. The van der Waals surface area contributed by atoms with E-state index >= 15 is 0 Å². The zero-order valence-electron chi connectivity index (χ0n) is 6.62. The van der Waals surface area contributed by atoms with E-state index in [1.54, 1.807) is 7.11 Å². The summed E-state index contributed by atoms with van der Waals surface area (Å²) in [6.07, 6.45) is 1.28. The Bertz CT molecular complexity index is 172. The van der Waals surface area contributed by atoms with Crippen LogP contribution in [0.5, 0.6) is 0 Å². The molecule has 0 amide bonds. The van der Waals surface area contributed by atoms with E-state index in [-0.39, 0.29) is 12.4 Å². The molecule has 3 nitrogen and oxygen atoms in total. The van der Waals surface area contributed by atoms with Crippen molar-refractivity contribution in [3.63, 3.8) is 0 Å². The lowest BCUT2D eigenvalue weighted by molar-refractivity contribution is 0.210. The molecule has 0 aliphatic carbocycles. The molecular weight excluding hydrogens is 164 g/mol. The van der Waals surface area contributed by atoms with E-state index in [2.05, 4.69) is 10.1 Å². The van der Waals surface area contributed by atoms with E-state index in [4.69, 9.17) is 4.84 Å². The van der Waals surface area contributed by atoms with Crippen molar-refractivity contribution in [1.82, 2.24) is 4.90 Å². The van der Waals surface area contributed by atoms with E-state index in [0.717, 1.165) is 6.54 Å². The maximum absolute atomic E-state index is 4.74. The first-order valence-electron chi connectivity index (χ1n) is 3.72. The van der Waals surface area contributed by atoms with Gasteiger partial charge in [0.05, 0.1) is 5.71 Å². The molecule has 2 aliphatic heterocycles. The van der Waals surface area contributed by atoms with Crippen LogP contribution in [0, 0.1) is 5.92 Å². The molecular formula is C7H13ClN2O. The summed E-state index contributed by atoms with van der Waals surface area (Å²) in [7, 11) is 1.62. The predicted molar refractivity (Wildman–Crippen MR) is 46.2 cm³/mol. The molecule has 0 aromatic heterocycles. The Hall–Kier alpha value is -0.280. The molecule has 2 bridgehead atoms. The zero-order chi connectivity index (χ0) is 6.97. The lowest BCUT2D eigenvalue weighted by Gasteiger charge is -2.11. The molecule has 64 valence electrons. The Morgan fingerprint density at radius 2 is 2.45 bits per heavy atom. The summed E-state index contributed by atoms with van der Waals surface area (Å²) in [6.45, 7) is 3.51. The van der Waals surface area contributed by atoms with Gasteiger partial charge < -0.3 is 4.84 Å². The second-order valence-electron chi connectivity index (χ2n) is 2.99. The van der Waals surface area contributed by atoms with Gasteiger partial charge in [0.25, 0.3) is 0 Å². The average Bonchev–Trinajstić information content (AvgIpc) is 2.48. The van der Waals surface area contributed by atoms with Gasteiger partial charge >= 0.3 is 0 Å². The molecule has 2 saturated heterocycles. The molecule has 2 atom stereocenters. The summed E-state index contributed by atoms with van der Waals surface area (Å²) >= 11 is 0. The highest BCUT2D eigenvalue weighted by molar-refractivity contribution is 5.91. The molecule has 0 aromatic carbocycles. The van der Waals surface area contributed by atoms with Crippen molar-refractivity contribution >= 4 is 18.1 Å². The maximum atomic E-state index is 4.74. The molecule has 4 heteroatoms. The van der Waals surface area contributed by atoms with E-state index in [0.29, 0.717) is 5.92 Å². The molecule has 0 N–H and O–H groups in total. The standard InChI is InChI=1S/C7H12N2O.ClH/c1-10-8-7-5-9-3-2-6(7)4-9;/h6H,2-5H2,1H3;1H. The SMILES string of the molecule is CON=C1CN2CCC1C2.Cl. The van der Waals surface area contributed by atoms with Gasteiger partial charge in [0.2, 0.25) is 0 Å². The van der Waals surface area contributed by atoms with Crippen molar-refractivity contribution in [3.05, 3.63) is 0 Å². The van der Waals surface area contributed by atoms with Crippen LogP contribution < -0.4 is 0 Å². The lowest BCUT2D eigenvalue weighted by atomic mass is 10.0. The lowest BCUT2D eigenvalue weighted by Crippen LogP contribution is -2.23. The normalized spacial score (nSPS) is 37.4. The van der Waals surface area contributed by atoms with E-state index in [1.807, 2.05) is 0 Å². The summed E-state index contributed by atoms with van der Waals surface area (Å²) in [4.78, 5) is 7.16. The molecule has 2 rings (SSSR count). The van der Waals surface area contributed by atoms with Gasteiger partial charge in [0.1, 0.15) is 7.11 Å². The Kier molecular flexibility index (Phi) is 2.73. The Morgan fingerprint density at radius 3 is 2.91 bits per heavy atom. The highest BCUT2D eigenvalue weighted by Crippen LogP contribution is 2.25. The van der Waals surface area contributed by atoms with Crippen molar-refractivity contribution < 1.29 is 4.84 Å². The van der Waals surface area contributed by atoms with Crippen LogP contribution in [0.15, 0.2) is 5.16 Å².